The van der Waals surface area contributed by atoms with E-state index in [4.69, 9.17) is 11.6 Å². The Hall–Kier alpha value is -2.80. The minimum atomic E-state index is -0.245. The number of hydrogen-bond donors (Lipinski definition) is 2. The van der Waals surface area contributed by atoms with Gasteiger partial charge in [-0.05, 0) is 37.5 Å². The van der Waals surface area contributed by atoms with Gasteiger partial charge in [-0.3, -0.25) is 9.89 Å². The smallest absolute Gasteiger partial charge is 0.287 e. The third-order valence-electron chi connectivity index (χ3n) is 5.24. The van der Waals surface area contributed by atoms with Crippen molar-refractivity contribution >= 4 is 23.0 Å². The Bertz CT molecular complexity index is 992. The average molecular weight is 399 g/mol. The van der Waals surface area contributed by atoms with E-state index in [9.17, 15) is 4.79 Å². The highest BCUT2D eigenvalue weighted by molar-refractivity contribution is 6.32. The van der Waals surface area contributed by atoms with Crippen LogP contribution < -0.4 is 15.8 Å². The SMILES string of the molecule is Cc1ccccc1N1CCC(n2ncc(NCc3ccn[nH]3)c(Cl)c2=O)CC1. The van der Waals surface area contributed by atoms with Gasteiger partial charge in [-0.1, -0.05) is 29.8 Å². The van der Waals surface area contributed by atoms with E-state index >= 15 is 0 Å². The second kappa shape index (κ2) is 8.06. The number of H-pyrrole nitrogens is 1. The summed E-state index contributed by atoms with van der Waals surface area (Å²) in [6.45, 7) is 4.41. The average Bonchev–Trinajstić information content (AvgIpc) is 3.23. The molecule has 1 saturated heterocycles. The summed E-state index contributed by atoms with van der Waals surface area (Å²) in [6.07, 6.45) is 5.03. The van der Waals surface area contributed by atoms with Crippen LogP contribution in [0.4, 0.5) is 11.4 Å². The minimum Gasteiger partial charge on any atom is -0.377 e. The number of hydrogen-bond acceptors (Lipinski definition) is 5. The molecule has 3 aromatic rings. The summed E-state index contributed by atoms with van der Waals surface area (Å²) < 4.78 is 1.54. The Morgan fingerprint density at radius 3 is 2.75 bits per heavy atom. The lowest BCUT2D eigenvalue weighted by atomic mass is 10.0. The molecule has 0 saturated carbocycles. The number of nitrogens with one attached hydrogen (secondary N) is 2. The molecule has 7 nitrogen and oxygen atoms in total. The van der Waals surface area contributed by atoms with E-state index in [0.29, 0.717) is 12.2 Å². The first-order valence-electron chi connectivity index (χ1n) is 9.43. The van der Waals surface area contributed by atoms with E-state index in [2.05, 4.69) is 56.7 Å². The Balaban J connectivity index is 1.44. The quantitative estimate of drug-likeness (QED) is 0.688. The first kappa shape index (κ1) is 18.6. The van der Waals surface area contributed by atoms with E-state index in [1.807, 2.05) is 6.07 Å². The van der Waals surface area contributed by atoms with Gasteiger partial charge in [-0.2, -0.15) is 10.2 Å². The van der Waals surface area contributed by atoms with Crippen molar-refractivity contribution in [1.29, 1.82) is 0 Å². The lowest BCUT2D eigenvalue weighted by Gasteiger charge is -2.34. The van der Waals surface area contributed by atoms with Crippen molar-refractivity contribution in [3.63, 3.8) is 0 Å². The summed E-state index contributed by atoms with van der Waals surface area (Å²) in [7, 11) is 0. The molecule has 0 amide bonds. The van der Waals surface area contributed by atoms with E-state index < -0.39 is 0 Å². The van der Waals surface area contributed by atoms with E-state index in [1.165, 1.54) is 11.3 Å². The number of aryl methyl sites for hydroxylation is 1. The molecule has 1 fully saturated rings. The lowest BCUT2D eigenvalue weighted by Crippen LogP contribution is -2.39. The number of anilines is 2. The molecule has 8 heteroatoms. The van der Waals surface area contributed by atoms with Gasteiger partial charge in [0.25, 0.3) is 5.56 Å². The molecule has 0 atom stereocenters. The van der Waals surface area contributed by atoms with Gasteiger partial charge in [-0.25, -0.2) is 4.68 Å². The highest BCUT2D eigenvalue weighted by Gasteiger charge is 2.24. The van der Waals surface area contributed by atoms with Gasteiger partial charge < -0.3 is 10.2 Å². The second-order valence-electron chi connectivity index (χ2n) is 7.06. The van der Waals surface area contributed by atoms with Crippen molar-refractivity contribution < 1.29 is 0 Å². The van der Waals surface area contributed by atoms with Crippen LogP contribution in [0.3, 0.4) is 0 Å². The van der Waals surface area contributed by atoms with Crippen LogP contribution in [0, 0.1) is 6.92 Å². The molecular weight excluding hydrogens is 376 g/mol. The maximum Gasteiger partial charge on any atom is 0.287 e. The van der Waals surface area contributed by atoms with Crippen LogP contribution in [0.15, 0.2) is 47.5 Å². The maximum absolute atomic E-state index is 12.8. The zero-order valence-corrected chi connectivity index (χ0v) is 16.5. The topological polar surface area (TPSA) is 78.8 Å². The van der Waals surface area contributed by atoms with Gasteiger partial charge in [-0.15, -0.1) is 0 Å². The van der Waals surface area contributed by atoms with E-state index in [-0.39, 0.29) is 16.6 Å². The number of benzene rings is 1. The second-order valence-corrected chi connectivity index (χ2v) is 7.44. The molecular formula is C20H23ClN6O. The van der Waals surface area contributed by atoms with Crippen LogP contribution in [-0.2, 0) is 6.54 Å². The van der Waals surface area contributed by atoms with Gasteiger partial charge in [0.15, 0.2) is 0 Å². The van der Waals surface area contributed by atoms with Crippen LogP contribution in [0.1, 0.15) is 30.1 Å². The van der Waals surface area contributed by atoms with Gasteiger partial charge in [0.05, 0.1) is 30.2 Å². The summed E-state index contributed by atoms with van der Waals surface area (Å²) in [4.78, 5) is 15.1. The molecule has 0 spiro atoms. The van der Waals surface area contributed by atoms with E-state index in [0.717, 1.165) is 31.6 Å². The van der Waals surface area contributed by atoms with Crippen molar-refractivity contribution in [2.45, 2.75) is 32.4 Å². The number of aromatic amines is 1. The summed E-state index contributed by atoms with van der Waals surface area (Å²) in [6, 6.07) is 10.3. The number of piperidine rings is 1. The zero-order valence-electron chi connectivity index (χ0n) is 15.7. The van der Waals surface area contributed by atoms with Gasteiger partial charge in [0, 0.05) is 25.0 Å². The molecule has 0 bridgehead atoms. The van der Waals surface area contributed by atoms with Gasteiger partial charge >= 0.3 is 0 Å². The number of aromatic nitrogens is 4. The van der Waals surface area contributed by atoms with Crippen LogP contribution in [0.2, 0.25) is 5.02 Å². The van der Waals surface area contributed by atoms with Gasteiger partial charge in [0.1, 0.15) is 5.02 Å². The predicted molar refractivity (Wildman–Crippen MR) is 111 cm³/mol. The molecule has 1 aliphatic rings. The highest BCUT2D eigenvalue weighted by Crippen LogP contribution is 2.28. The summed E-state index contributed by atoms with van der Waals surface area (Å²) in [5, 5.41) is 14.5. The molecule has 3 heterocycles. The normalized spacial score (nSPS) is 15.0. The zero-order chi connectivity index (χ0) is 19.5. The van der Waals surface area contributed by atoms with E-state index in [1.54, 1.807) is 17.1 Å². The molecule has 0 unspecified atom stereocenters. The molecule has 2 aromatic heterocycles. The van der Waals surface area contributed by atoms with Crippen molar-refractivity contribution in [1.82, 2.24) is 20.0 Å². The minimum absolute atomic E-state index is 0.0620. The first-order valence-corrected chi connectivity index (χ1v) is 9.81. The fraction of sp³-hybridized carbons (Fsp3) is 0.350. The standard InChI is InChI=1S/C20H23ClN6O/c1-14-4-2-3-5-18(14)26-10-7-16(8-11-26)27-20(28)19(21)17(13-24-27)22-12-15-6-9-23-25-15/h2-6,9,13,16,22H,7-8,10-12H2,1H3,(H,23,25). The molecule has 146 valence electrons. The number of nitrogens with zero attached hydrogens (tertiary/aromatic N) is 4. The Morgan fingerprint density at radius 1 is 1.25 bits per heavy atom. The molecule has 1 aromatic carbocycles. The van der Waals surface area contributed by atoms with Crippen LogP contribution in [0.25, 0.3) is 0 Å². The Labute approximate surface area is 168 Å². The highest BCUT2D eigenvalue weighted by atomic mass is 35.5. The fourth-order valence-electron chi connectivity index (χ4n) is 3.67. The third-order valence-corrected chi connectivity index (χ3v) is 5.60. The Kier molecular flexibility index (Phi) is 5.34. The molecule has 28 heavy (non-hydrogen) atoms. The van der Waals surface area contributed by atoms with Crippen molar-refractivity contribution in [3.8, 4) is 0 Å². The summed E-state index contributed by atoms with van der Waals surface area (Å²) in [5.41, 5.74) is 3.73. The van der Waals surface area contributed by atoms with Crippen molar-refractivity contribution in [2.75, 3.05) is 23.3 Å². The van der Waals surface area contributed by atoms with Crippen LogP contribution >= 0.6 is 11.6 Å². The molecule has 2 N–H and O–H groups in total. The molecule has 4 rings (SSSR count). The number of para-hydroxylation sites is 1. The number of halogens is 1. The number of rotatable bonds is 5. The van der Waals surface area contributed by atoms with Gasteiger partial charge in [0.2, 0.25) is 0 Å². The lowest BCUT2D eigenvalue weighted by molar-refractivity contribution is 0.353. The van der Waals surface area contributed by atoms with Crippen molar-refractivity contribution in [3.05, 3.63) is 69.4 Å². The molecule has 0 radical (unpaired) electrons. The van der Waals surface area contributed by atoms with Crippen LogP contribution in [0.5, 0.6) is 0 Å². The summed E-state index contributed by atoms with van der Waals surface area (Å²) in [5.74, 6) is 0. The van der Waals surface area contributed by atoms with Crippen LogP contribution in [-0.4, -0.2) is 33.1 Å². The molecule has 1 aliphatic heterocycles. The first-order chi connectivity index (χ1) is 13.6. The monoisotopic (exact) mass is 398 g/mol. The maximum atomic E-state index is 12.8. The fourth-order valence-corrected chi connectivity index (χ4v) is 3.87. The summed E-state index contributed by atoms with van der Waals surface area (Å²) >= 11 is 6.33. The third kappa shape index (κ3) is 3.75. The largest absolute Gasteiger partial charge is 0.377 e. The Morgan fingerprint density at radius 2 is 2.04 bits per heavy atom. The molecule has 0 aliphatic carbocycles. The van der Waals surface area contributed by atoms with Crippen molar-refractivity contribution in [2.24, 2.45) is 0 Å². The predicted octanol–water partition coefficient (Wildman–Crippen LogP) is 3.38.